The van der Waals surface area contributed by atoms with Gasteiger partial charge in [0.25, 0.3) is 11.8 Å². The van der Waals surface area contributed by atoms with Gasteiger partial charge in [-0.2, -0.15) is 14.0 Å². The number of hydrogen-bond acceptors (Lipinski definition) is 8. The van der Waals surface area contributed by atoms with Gasteiger partial charge in [-0.05, 0) is 18.2 Å². The number of amides is 2. The van der Waals surface area contributed by atoms with Crippen molar-refractivity contribution in [3.05, 3.63) is 53.7 Å². The number of rotatable bonds is 9. The van der Waals surface area contributed by atoms with Crippen molar-refractivity contribution in [1.29, 1.82) is 5.26 Å². The molecule has 2 amide bonds. The Morgan fingerprint density at radius 1 is 1.28 bits per heavy atom. The van der Waals surface area contributed by atoms with Crippen LogP contribution in [0, 0.1) is 11.5 Å². The number of halogens is 2. The standard InChI is InChI=1S/C19H19F2N5O5S/c1-26(11-22)18(28)14(25-17(27)12-6-7-16(23)24-8-12)10-32(29,30)9-13-4-2-3-5-15(13)31-19(20)21/h2-8,14,19H,9-10H2,1H3,(H2,23,24)(H,25,27)/t14-/m0/s1. The molecule has 0 spiro atoms. The minimum Gasteiger partial charge on any atom is -0.435 e. The van der Waals surface area contributed by atoms with E-state index in [1.165, 1.54) is 42.6 Å². The molecule has 0 aliphatic rings. The van der Waals surface area contributed by atoms with E-state index >= 15 is 0 Å². The van der Waals surface area contributed by atoms with Crippen molar-refractivity contribution in [1.82, 2.24) is 15.2 Å². The Morgan fingerprint density at radius 2 is 1.97 bits per heavy atom. The molecule has 0 radical (unpaired) electrons. The normalized spacial score (nSPS) is 12.0. The summed E-state index contributed by atoms with van der Waals surface area (Å²) in [7, 11) is -3.04. The highest BCUT2D eigenvalue weighted by Crippen LogP contribution is 2.23. The minimum atomic E-state index is -4.15. The fourth-order valence-corrected chi connectivity index (χ4v) is 4.19. The molecule has 0 bridgehead atoms. The highest BCUT2D eigenvalue weighted by molar-refractivity contribution is 7.90. The van der Waals surface area contributed by atoms with Crippen LogP contribution in [0.3, 0.4) is 0 Å². The third-order valence-electron chi connectivity index (χ3n) is 4.12. The first-order valence-corrected chi connectivity index (χ1v) is 10.8. The number of nitrogens with zero attached hydrogens (tertiary/aromatic N) is 3. The van der Waals surface area contributed by atoms with E-state index in [4.69, 9.17) is 11.0 Å². The molecule has 0 fully saturated rings. The third-order valence-corrected chi connectivity index (χ3v) is 5.71. The maximum absolute atomic E-state index is 12.7. The molecular formula is C19H19F2N5O5S. The Morgan fingerprint density at radius 3 is 2.56 bits per heavy atom. The SMILES string of the molecule is CN(C#N)C(=O)[C@H](CS(=O)(=O)Cc1ccccc1OC(F)F)NC(=O)c1ccc(N)nc1. The van der Waals surface area contributed by atoms with Gasteiger partial charge in [-0.1, -0.05) is 18.2 Å². The molecule has 32 heavy (non-hydrogen) atoms. The number of nitrogens with one attached hydrogen (secondary N) is 1. The van der Waals surface area contributed by atoms with Crippen molar-refractivity contribution in [2.45, 2.75) is 18.4 Å². The summed E-state index contributed by atoms with van der Waals surface area (Å²) in [6, 6.07) is 6.32. The monoisotopic (exact) mass is 467 g/mol. The van der Waals surface area contributed by atoms with Crippen molar-refractivity contribution in [2.24, 2.45) is 0 Å². The molecule has 1 atom stereocenters. The van der Waals surface area contributed by atoms with Crippen LogP contribution in [0.5, 0.6) is 5.75 Å². The van der Waals surface area contributed by atoms with E-state index in [0.29, 0.717) is 4.90 Å². The molecule has 0 unspecified atom stereocenters. The van der Waals surface area contributed by atoms with Crippen LogP contribution in [-0.4, -0.2) is 55.6 Å². The number of para-hydroxylation sites is 1. The number of carbonyl (C=O) groups excluding carboxylic acids is 2. The van der Waals surface area contributed by atoms with Crippen LogP contribution in [-0.2, 0) is 20.4 Å². The van der Waals surface area contributed by atoms with Crippen LogP contribution in [0.25, 0.3) is 0 Å². The first-order chi connectivity index (χ1) is 15.0. The maximum Gasteiger partial charge on any atom is 0.387 e. The zero-order valence-corrected chi connectivity index (χ0v) is 17.6. The van der Waals surface area contributed by atoms with E-state index in [9.17, 15) is 26.8 Å². The Bertz CT molecular complexity index is 1120. The van der Waals surface area contributed by atoms with Crippen LogP contribution in [0.1, 0.15) is 15.9 Å². The number of nitrogen functional groups attached to an aromatic ring is 1. The summed E-state index contributed by atoms with van der Waals surface area (Å²) in [5, 5.41) is 11.2. The number of alkyl halides is 2. The van der Waals surface area contributed by atoms with Crippen LogP contribution in [0.2, 0.25) is 0 Å². The lowest BCUT2D eigenvalue weighted by Gasteiger charge is -2.20. The first-order valence-electron chi connectivity index (χ1n) is 8.95. The molecule has 1 aromatic carbocycles. The van der Waals surface area contributed by atoms with Crippen molar-refractivity contribution in [3.8, 4) is 11.9 Å². The molecule has 1 aromatic heterocycles. The van der Waals surface area contributed by atoms with E-state index < -0.39 is 45.8 Å². The van der Waals surface area contributed by atoms with Gasteiger partial charge in [0.2, 0.25) is 0 Å². The van der Waals surface area contributed by atoms with Crippen LogP contribution < -0.4 is 15.8 Å². The van der Waals surface area contributed by atoms with Gasteiger partial charge in [0.1, 0.15) is 17.6 Å². The molecule has 3 N–H and O–H groups in total. The second kappa shape index (κ2) is 10.5. The lowest BCUT2D eigenvalue weighted by Crippen LogP contribution is -2.50. The molecule has 1 heterocycles. The molecule has 0 saturated heterocycles. The van der Waals surface area contributed by atoms with Crippen molar-refractivity contribution < 1.29 is 31.5 Å². The van der Waals surface area contributed by atoms with Gasteiger partial charge in [-0.25, -0.2) is 13.4 Å². The summed E-state index contributed by atoms with van der Waals surface area (Å²) in [6.45, 7) is -3.16. The smallest absolute Gasteiger partial charge is 0.387 e. The van der Waals surface area contributed by atoms with Crippen molar-refractivity contribution >= 4 is 27.5 Å². The molecule has 10 nitrogen and oxygen atoms in total. The molecule has 170 valence electrons. The molecule has 2 aromatic rings. The van der Waals surface area contributed by atoms with E-state index in [2.05, 4.69) is 15.0 Å². The highest BCUT2D eigenvalue weighted by atomic mass is 32.2. The summed E-state index contributed by atoms with van der Waals surface area (Å²) >= 11 is 0. The minimum absolute atomic E-state index is 0.00434. The summed E-state index contributed by atoms with van der Waals surface area (Å²) in [5.74, 6) is -3.63. The number of benzene rings is 1. The van der Waals surface area contributed by atoms with E-state index in [-0.39, 0.29) is 22.7 Å². The molecule has 0 aliphatic heterocycles. The number of anilines is 1. The number of nitriles is 1. The largest absolute Gasteiger partial charge is 0.435 e. The summed E-state index contributed by atoms with van der Waals surface area (Å²) < 4.78 is 55.0. The van der Waals surface area contributed by atoms with Gasteiger partial charge >= 0.3 is 6.61 Å². The Balaban J connectivity index is 2.26. The number of hydrogen-bond donors (Lipinski definition) is 2. The topological polar surface area (TPSA) is 155 Å². The van der Waals surface area contributed by atoms with Crippen molar-refractivity contribution in [3.63, 3.8) is 0 Å². The lowest BCUT2D eigenvalue weighted by molar-refractivity contribution is -0.128. The first kappa shape index (κ1) is 24.5. The fraction of sp³-hybridized carbons (Fsp3) is 0.263. The zero-order chi connectivity index (χ0) is 23.9. The average Bonchev–Trinajstić information content (AvgIpc) is 2.73. The van der Waals surface area contributed by atoms with Gasteiger partial charge < -0.3 is 15.8 Å². The van der Waals surface area contributed by atoms with Crippen LogP contribution in [0.15, 0.2) is 42.6 Å². The van der Waals surface area contributed by atoms with E-state index in [1.807, 2.05) is 0 Å². The van der Waals surface area contributed by atoms with E-state index in [1.54, 1.807) is 0 Å². The van der Waals surface area contributed by atoms with Crippen LogP contribution >= 0.6 is 0 Å². The summed E-state index contributed by atoms with van der Waals surface area (Å²) in [4.78, 5) is 29.3. The predicted octanol–water partition coefficient (Wildman–Crippen LogP) is 0.918. The average molecular weight is 467 g/mol. The number of aromatic nitrogens is 1. The van der Waals surface area contributed by atoms with Gasteiger partial charge in [-0.3, -0.25) is 14.5 Å². The lowest BCUT2D eigenvalue weighted by atomic mass is 10.2. The molecule has 0 aliphatic carbocycles. The predicted molar refractivity (Wildman–Crippen MR) is 109 cm³/mol. The van der Waals surface area contributed by atoms with Gasteiger partial charge in [0, 0.05) is 18.8 Å². The highest BCUT2D eigenvalue weighted by Gasteiger charge is 2.31. The number of carbonyl (C=O) groups is 2. The zero-order valence-electron chi connectivity index (χ0n) is 16.7. The van der Waals surface area contributed by atoms with Gasteiger partial charge in [0.05, 0.1) is 17.1 Å². The summed E-state index contributed by atoms with van der Waals surface area (Å²) in [6.07, 6.45) is 2.67. The Hall–Kier alpha value is -3.79. The number of ether oxygens (including phenoxy) is 1. The second-order valence-electron chi connectivity index (χ2n) is 6.54. The quantitative estimate of drug-likeness (QED) is 0.407. The number of sulfone groups is 1. The molecule has 2 rings (SSSR count). The molecule has 0 saturated carbocycles. The van der Waals surface area contributed by atoms with E-state index in [0.717, 1.165) is 13.2 Å². The number of pyridine rings is 1. The maximum atomic E-state index is 12.7. The third kappa shape index (κ3) is 6.88. The molecular weight excluding hydrogens is 448 g/mol. The number of nitrogens with two attached hydrogens (primary N) is 1. The van der Waals surface area contributed by atoms with Crippen molar-refractivity contribution in [2.75, 3.05) is 18.5 Å². The van der Waals surface area contributed by atoms with Gasteiger partial charge in [0.15, 0.2) is 16.0 Å². The fourth-order valence-electron chi connectivity index (χ4n) is 2.62. The van der Waals surface area contributed by atoms with Gasteiger partial charge in [-0.15, -0.1) is 0 Å². The summed E-state index contributed by atoms with van der Waals surface area (Å²) in [5.41, 5.74) is 5.41. The molecule has 13 heteroatoms. The Labute approximate surface area is 182 Å². The number of likely N-dealkylation sites (N-methyl/N-ethyl adjacent to an activating group) is 1. The Kier molecular flexibility index (Phi) is 8.03. The second-order valence-corrected chi connectivity index (χ2v) is 8.64. The van der Waals surface area contributed by atoms with Crippen LogP contribution in [0.4, 0.5) is 14.6 Å².